The van der Waals surface area contributed by atoms with Crippen molar-refractivity contribution in [2.24, 2.45) is 0 Å². The van der Waals surface area contributed by atoms with Crippen molar-refractivity contribution in [3.63, 3.8) is 0 Å². The minimum Gasteiger partial charge on any atom is -0.495 e. The van der Waals surface area contributed by atoms with E-state index in [-0.39, 0.29) is 17.9 Å². The summed E-state index contributed by atoms with van der Waals surface area (Å²) in [6.45, 7) is 2.82. The van der Waals surface area contributed by atoms with E-state index in [4.69, 9.17) is 19.3 Å². The molecule has 0 saturated carbocycles. The van der Waals surface area contributed by atoms with Crippen molar-refractivity contribution in [3.05, 3.63) is 48.0 Å². The Morgan fingerprint density at radius 3 is 2.37 bits per heavy atom. The minimum atomic E-state index is -1.06. The van der Waals surface area contributed by atoms with E-state index in [0.717, 1.165) is 0 Å². The van der Waals surface area contributed by atoms with Gasteiger partial charge in [0.1, 0.15) is 5.75 Å². The molecule has 0 radical (unpaired) electrons. The van der Waals surface area contributed by atoms with Crippen LogP contribution in [-0.4, -0.2) is 37.3 Å². The predicted octanol–water partition coefficient (Wildman–Crippen LogP) is 3.59. The van der Waals surface area contributed by atoms with Gasteiger partial charge < -0.3 is 24.6 Å². The number of carboxylic acids is 1. The first-order chi connectivity index (χ1) is 13.0. The number of ether oxygens (including phenoxy) is 3. The summed E-state index contributed by atoms with van der Waals surface area (Å²) in [5.41, 5.74) is 0.515. The highest BCUT2D eigenvalue weighted by molar-refractivity contribution is 5.94. The average Bonchev–Trinajstić information content (AvgIpc) is 2.66. The fraction of sp³-hybridized carbons (Fsp3) is 0.300. The Balaban J connectivity index is 1.84. The number of carbonyl (C=O) groups is 2. The van der Waals surface area contributed by atoms with E-state index in [0.29, 0.717) is 42.6 Å². The monoisotopic (exact) mass is 373 g/mol. The summed E-state index contributed by atoms with van der Waals surface area (Å²) in [5.74, 6) is 0.345. The van der Waals surface area contributed by atoms with Crippen LogP contribution in [0.15, 0.2) is 42.5 Å². The van der Waals surface area contributed by atoms with Gasteiger partial charge in [0.15, 0.2) is 11.5 Å². The van der Waals surface area contributed by atoms with Crippen molar-refractivity contribution >= 4 is 17.6 Å². The first kappa shape index (κ1) is 20.1. The van der Waals surface area contributed by atoms with Crippen LogP contribution in [0.1, 0.15) is 30.1 Å². The molecule has 0 spiro atoms. The second kappa shape index (κ2) is 10.1. The van der Waals surface area contributed by atoms with E-state index < -0.39 is 5.97 Å². The summed E-state index contributed by atoms with van der Waals surface area (Å²) in [6, 6.07) is 11.7. The fourth-order valence-corrected chi connectivity index (χ4v) is 2.40. The molecule has 2 aromatic carbocycles. The molecular formula is C20H23NO6. The standard InChI is InChI=1S/C20H23NO6/c1-3-26-16-7-4-5-8-17(16)27-12-6-9-19(22)21-15-11-10-14(20(23)24)13-18(15)25-2/h4-5,7-8,10-11,13H,3,6,9,12H2,1-2H3,(H,21,22)(H,23,24). The highest BCUT2D eigenvalue weighted by Crippen LogP contribution is 2.27. The zero-order chi connectivity index (χ0) is 19.6. The molecule has 1 amide bonds. The molecule has 0 fully saturated rings. The number of benzene rings is 2. The number of rotatable bonds is 10. The molecule has 7 heteroatoms. The van der Waals surface area contributed by atoms with Gasteiger partial charge in [-0.15, -0.1) is 0 Å². The Kier molecular flexibility index (Phi) is 7.49. The average molecular weight is 373 g/mol. The van der Waals surface area contributed by atoms with Crippen LogP contribution < -0.4 is 19.5 Å². The summed E-state index contributed by atoms with van der Waals surface area (Å²) >= 11 is 0. The normalized spacial score (nSPS) is 10.1. The molecule has 27 heavy (non-hydrogen) atoms. The highest BCUT2D eigenvalue weighted by Gasteiger charge is 2.11. The van der Waals surface area contributed by atoms with E-state index in [1.807, 2.05) is 31.2 Å². The molecular weight excluding hydrogens is 350 g/mol. The zero-order valence-corrected chi connectivity index (χ0v) is 15.4. The van der Waals surface area contributed by atoms with Gasteiger partial charge in [-0.3, -0.25) is 4.79 Å². The number of hydrogen-bond donors (Lipinski definition) is 2. The van der Waals surface area contributed by atoms with Crippen molar-refractivity contribution in [1.29, 1.82) is 0 Å². The Hall–Kier alpha value is -3.22. The third kappa shape index (κ3) is 5.91. The maximum atomic E-state index is 12.1. The summed E-state index contributed by atoms with van der Waals surface area (Å²) in [7, 11) is 1.42. The van der Waals surface area contributed by atoms with E-state index in [1.165, 1.54) is 25.3 Å². The fourth-order valence-electron chi connectivity index (χ4n) is 2.40. The molecule has 0 bridgehead atoms. The number of methoxy groups -OCH3 is 1. The van der Waals surface area contributed by atoms with Crippen LogP contribution in [0.5, 0.6) is 17.2 Å². The molecule has 0 heterocycles. The van der Waals surface area contributed by atoms with Crippen molar-refractivity contribution in [2.75, 3.05) is 25.6 Å². The van der Waals surface area contributed by atoms with Crippen LogP contribution in [0, 0.1) is 0 Å². The van der Waals surface area contributed by atoms with Crippen LogP contribution in [0.2, 0.25) is 0 Å². The van der Waals surface area contributed by atoms with Crippen LogP contribution in [0.3, 0.4) is 0 Å². The molecule has 0 atom stereocenters. The van der Waals surface area contributed by atoms with Crippen molar-refractivity contribution in [3.8, 4) is 17.2 Å². The first-order valence-corrected chi connectivity index (χ1v) is 8.61. The van der Waals surface area contributed by atoms with Gasteiger partial charge >= 0.3 is 5.97 Å². The Bertz CT molecular complexity index is 790. The lowest BCUT2D eigenvalue weighted by Gasteiger charge is -2.12. The van der Waals surface area contributed by atoms with Gasteiger partial charge in [-0.1, -0.05) is 12.1 Å². The molecule has 0 aliphatic rings. The lowest BCUT2D eigenvalue weighted by atomic mass is 10.2. The molecule has 2 aromatic rings. The smallest absolute Gasteiger partial charge is 0.335 e. The minimum absolute atomic E-state index is 0.0891. The van der Waals surface area contributed by atoms with Gasteiger partial charge in [0.25, 0.3) is 0 Å². The van der Waals surface area contributed by atoms with E-state index in [2.05, 4.69) is 5.32 Å². The maximum Gasteiger partial charge on any atom is 0.335 e. The topological polar surface area (TPSA) is 94.1 Å². The summed E-state index contributed by atoms with van der Waals surface area (Å²) in [4.78, 5) is 23.1. The van der Waals surface area contributed by atoms with Crippen LogP contribution in [-0.2, 0) is 4.79 Å². The van der Waals surface area contributed by atoms with Crippen LogP contribution >= 0.6 is 0 Å². The Morgan fingerprint density at radius 2 is 1.74 bits per heavy atom. The van der Waals surface area contributed by atoms with Gasteiger partial charge in [-0.2, -0.15) is 0 Å². The quantitative estimate of drug-likeness (QED) is 0.618. The van der Waals surface area contributed by atoms with Crippen molar-refractivity contribution in [1.82, 2.24) is 0 Å². The van der Waals surface area contributed by atoms with E-state index in [1.54, 1.807) is 0 Å². The third-order valence-corrected chi connectivity index (χ3v) is 3.68. The molecule has 0 aliphatic heterocycles. The number of nitrogens with one attached hydrogen (secondary N) is 1. The van der Waals surface area contributed by atoms with Gasteiger partial charge in [-0.05, 0) is 43.7 Å². The zero-order valence-electron chi connectivity index (χ0n) is 15.4. The second-order valence-electron chi connectivity index (χ2n) is 5.60. The second-order valence-corrected chi connectivity index (χ2v) is 5.60. The largest absolute Gasteiger partial charge is 0.495 e. The van der Waals surface area contributed by atoms with E-state index in [9.17, 15) is 9.59 Å². The lowest BCUT2D eigenvalue weighted by Crippen LogP contribution is -2.14. The summed E-state index contributed by atoms with van der Waals surface area (Å²) < 4.78 is 16.3. The number of carboxylic acid groups (broad SMARTS) is 1. The molecule has 144 valence electrons. The molecule has 0 unspecified atom stereocenters. The number of anilines is 1. The molecule has 2 rings (SSSR count). The molecule has 7 nitrogen and oxygen atoms in total. The number of carbonyl (C=O) groups excluding carboxylic acids is 1. The molecule has 0 saturated heterocycles. The maximum absolute atomic E-state index is 12.1. The van der Waals surface area contributed by atoms with Gasteiger partial charge in [-0.25, -0.2) is 4.79 Å². The van der Waals surface area contributed by atoms with Gasteiger partial charge in [0, 0.05) is 6.42 Å². The van der Waals surface area contributed by atoms with Gasteiger partial charge in [0.2, 0.25) is 5.91 Å². The van der Waals surface area contributed by atoms with Crippen LogP contribution in [0.4, 0.5) is 5.69 Å². The van der Waals surface area contributed by atoms with Crippen LogP contribution in [0.25, 0.3) is 0 Å². The SMILES string of the molecule is CCOc1ccccc1OCCCC(=O)Nc1ccc(C(=O)O)cc1OC. The summed E-state index contributed by atoms with van der Waals surface area (Å²) in [5, 5.41) is 11.7. The van der Waals surface area contributed by atoms with Crippen molar-refractivity contribution in [2.45, 2.75) is 19.8 Å². The van der Waals surface area contributed by atoms with Crippen molar-refractivity contribution < 1.29 is 28.9 Å². The number of para-hydroxylation sites is 2. The Labute approximate surface area is 157 Å². The number of amides is 1. The predicted molar refractivity (Wildman–Crippen MR) is 101 cm³/mol. The summed E-state index contributed by atoms with van der Waals surface area (Å²) in [6.07, 6.45) is 0.766. The lowest BCUT2D eigenvalue weighted by molar-refractivity contribution is -0.116. The van der Waals surface area contributed by atoms with Gasteiger partial charge in [0.05, 0.1) is 31.6 Å². The first-order valence-electron chi connectivity index (χ1n) is 8.61. The van der Waals surface area contributed by atoms with E-state index >= 15 is 0 Å². The third-order valence-electron chi connectivity index (χ3n) is 3.68. The molecule has 0 aromatic heterocycles. The number of hydrogen-bond acceptors (Lipinski definition) is 5. The molecule has 2 N–H and O–H groups in total. The number of aromatic carboxylic acids is 1. The Morgan fingerprint density at radius 1 is 1.04 bits per heavy atom. The molecule has 0 aliphatic carbocycles. The highest BCUT2D eigenvalue weighted by atomic mass is 16.5.